The van der Waals surface area contributed by atoms with Crippen LogP contribution in [0.25, 0.3) is 0 Å². The van der Waals surface area contributed by atoms with E-state index in [1.807, 2.05) is 0 Å². The Labute approximate surface area is 139 Å². The maximum Gasteiger partial charge on any atom is 0.137 e. The van der Waals surface area contributed by atoms with E-state index in [1.165, 1.54) is 32.4 Å². The van der Waals surface area contributed by atoms with Crippen LogP contribution in [0.2, 0.25) is 0 Å². The molecule has 2 rings (SSSR count). The van der Waals surface area contributed by atoms with Crippen molar-refractivity contribution in [3.05, 3.63) is 56.2 Å². The van der Waals surface area contributed by atoms with Crippen molar-refractivity contribution >= 4 is 31.9 Å². The molecule has 6 heteroatoms. The Bertz CT molecular complexity index is 662. The van der Waals surface area contributed by atoms with E-state index < -0.39 is 6.10 Å². The number of hydrogen-bond acceptors (Lipinski definition) is 3. The molecule has 1 unspecified atom stereocenters. The van der Waals surface area contributed by atoms with E-state index >= 15 is 0 Å². The summed E-state index contributed by atoms with van der Waals surface area (Å²) in [4.78, 5) is 0. The highest BCUT2D eigenvalue weighted by Crippen LogP contribution is 2.38. The Morgan fingerprint density at radius 3 is 2.24 bits per heavy atom. The molecule has 112 valence electrons. The molecule has 1 atom stereocenters. The Morgan fingerprint density at radius 1 is 1.00 bits per heavy atom. The summed E-state index contributed by atoms with van der Waals surface area (Å²) >= 11 is 6.48. The lowest BCUT2D eigenvalue weighted by Gasteiger charge is -2.17. The Kier molecular flexibility index (Phi) is 5.24. The molecule has 2 aromatic carbocycles. The first-order valence-corrected chi connectivity index (χ1v) is 7.61. The van der Waals surface area contributed by atoms with Gasteiger partial charge in [-0.3, -0.25) is 0 Å². The Hall–Kier alpha value is -1.11. The number of rotatable bonds is 4. The number of benzene rings is 2. The van der Waals surface area contributed by atoms with E-state index in [1.54, 1.807) is 12.1 Å². The molecule has 0 aliphatic heterocycles. The maximum absolute atomic E-state index is 13.3. The monoisotopic (exact) mass is 418 g/mol. The standard InChI is InChI=1S/C15H13Br2FO3/c1-20-13-7-11(17)14(21-2)6-9(13)15(19)8-3-4-12(18)10(16)5-8/h3-7,15,19H,1-2H3. The highest BCUT2D eigenvalue weighted by atomic mass is 79.9. The summed E-state index contributed by atoms with van der Waals surface area (Å²) in [5, 5.41) is 10.5. The van der Waals surface area contributed by atoms with Crippen LogP contribution in [0.1, 0.15) is 17.2 Å². The highest BCUT2D eigenvalue weighted by molar-refractivity contribution is 9.10. The average Bonchev–Trinajstić information content (AvgIpc) is 2.49. The van der Waals surface area contributed by atoms with Gasteiger partial charge in [-0.25, -0.2) is 4.39 Å². The second-order valence-corrected chi connectivity index (χ2v) is 6.01. The van der Waals surface area contributed by atoms with Crippen LogP contribution in [0.15, 0.2) is 39.3 Å². The van der Waals surface area contributed by atoms with Crippen LogP contribution >= 0.6 is 31.9 Å². The number of halogens is 3. The minimum atomic E-state index is -0.959. The van der Waals surface area contributed by atoms with E-state index in [-0.39, 0.29) is 5.82 Å². The van der Waals surface area contributed by atoms with Gasteiger partial charge < -0.3 is 14.6 Å². The van der Waals surface area contributed by atoms with Crippen molar-refractivity contribution in [2.24, 2.45) is 0 Å². The third-order valence-electron chi connectivity index (χ3n) is 3.06. The molecule has 0 aliphatic rings. The quantitative estimate of drug-likeness (QED) is 0.795. The second kappa shape index (κ2) is 6.77. The van der Waals surface area contributed by atoms with Gasteiger partial charge in [0.05, 0.1) is 23.2 Å². The summed E-state index contributed by atoms with van der Waals surface area (Å²) in [5.74, 6) is 0.702. The minimum absolute atomic E-state index is 0.294. The summed E-state index contributed by atoms with van der Waals surface area (Å²) in [7, 11) is 3.06. The van der Waals surface area contributed by atoms with Crippen LogP contribution in [0.3, 0.4) is 0 Å². The maximum atomic E-state index is 13.3. The predicted octanol–water partition coefficient (Wildman–Crippen LogP) is 4.45. The zero-order chi connectivity index (χ0) is 15.6. The van der Waals surface area contributed by atoms with Gasteiger partial charge in [0.15, 0.2) is 0 Å². The lowest BCUT2D eigenvalue weighted by atomic mass is 10.0. The van der Waals surface area contributed by atoms with Crippen molar-refractivity contribution in [2.45, 2.75) is 6.10 Å². The smallest absolute Gasteiger partial charge is 0.137 e. The molecule has 2 aromatic rings. The molecule has 0 saturated heterocycles. The van der Waals surface area contributed by atoms with E-state index in [0.717, 1.165) is 4.47 Å². The minimum Gasteiger partial charge on any atom is -0.496 e. The molecule has 0 spiro atoms. The van der Waals surface area contributed by atoms with E-state index in [2.05, 4.69) is 31.9 Å². The van der Waals surface area contributed by atoms with Crippen molar-refractivity contribution in [2.75, 3.05) is 14.2 Å². The van der Waals surface area contributed by atoms with Gasteiger partial charge in [0, 0.05) is 5.56 Å². The Morgan fingerprint density at radius 2 is 1.67 bits per heavy atom. The topological polar surface area (TPSA) is 38.7 Å². The third kappa shape index (κ3) is 3.39. The zero-order valence-corrected chi connectivity index (χ0v) is 14.5. The summed E-state index contributed by atoms with van der Waals surface area (Å²) in [5.41, 5.74) is 1.09. The largest absolute Gasteiger partial charge is 0.496 e. The van der Waals surface area contributed by atoms with Crippen molar-refractivity contribution < 1.29 is 19.0 Å². The molecule has 1 N–H and O–H groups in total. The van der Waals surface area contributed by atoms with Gasteiger partial charge in [-0.1, -0.05) is 6.07 Å². The fraction of sp³-hybridized carbons (Fsp3) is 0.200. The molecule has 21 heavy (non-hydrogen) atoms. The molecule has 0 heterocycles. The van der Waals surface area contributed by atoms with Crippen molar-refractivity contribution in [3.63, 3.8) is 0 Å². The molecule has 0 fully saturated rings. The van der Waals surface area contributed by atoms with Crippen LogP contribution in [0, 0.1) is 5.82 Å². The highest BCUT2D eigenvalue weighted by Gasteiger charge is 2.19. The predicted molar refractivity (Wildman–Crippen MR) is 85.4 cm³/mol. The van der Waals surface area contributed by atoms with Crippen LogP contribution < -0.4 is 9.47 Å². The number of methoxy groups -OCH3 is 2. The van der Waals surface area contributed by atoms with Gasteiger partial charge in [-0.05, 0) is 61.7 Å². The summed E-state index contributed by atoms with van der Waals surface area (Å²) in [6, 6.07) is 7.76. The van der Waals surface area contributed by atoms with Gasteiger partial charge >= 0.3 is 0 Å². The lowest BCUT2D eigenvalue weighted by molar-refractivity contribution is 0.214. The van der Waals surface area contributed by atoms with E-state index in [9.17, 15) is 9.50 Å². The Balaban J connectivity index is 2.50. The number of ether oxygens (including phenoxy) is 2. The second-order valence-electron chi connectivity index (χ2n) is 4.30. The van der Waals surface area contributed by atoms with Crippen LogP contribution in [-0.4, -0.2) is 19.3 Å². The molecule has 0 aromatic heterocycles. The molecular formula is C15H13Br2FO3. The number of hydrogen-bond donors (Lipinski definition) is 1. The first kappa shape index (κ1) is 16.3. The van der Waals surface area contributed by atoms with E-state index in [4.69, 9.17) is 9.47 Å². The van der Waals surface area contributed by atoms with Crippen molar-refractivity contribution in [1.82, 2.24) is 0 Å². The molecule has 0 aliphatic carbocycles. The summed E-state index contributed by atoms with van der Waals surface area (Å²) < 4.78 is 24.8. The van der Waals surface area contributed by atoms with Crippen molar-refractivity contribution in [3.8, 4) is 11.5 Å². The molecule has 0 radical (unpaired) electrons. The fourth-order valence-corrected chi connectivity index (χ4v) is 2.84. The number of aliphatic hydroxyl groups excluding tert-OH is 1. The first-order chi connectivity index (χ1) is 9.97. The van der Waals surface area contributed by atoms with Gasteiger partial charge in [-0.15, -0.1) is 0 Å². The molecule has 0 bridgehead atoms. The fourth-order valence-electron chi connectivity index (χ4n) is 1.96. The molecular weight excluding hydrogens is 407 g/mol. The van der Waals surface area contributed by atoms with Gasteiger partial charge in [-0.2, -0.15) is 0 Å². The van der Waals surface area contributed by atoms with Crippen molar-refractivity contribution in [1.29, 1.82) is 0 Å². The molecule has 0 amide bonds. The zero-order valence-electron chi connectivity index (χ0n) is 11.4. The molecule has 3 nitrogen and oxygen atoms in total. The van der Waals surface area contributed by atoms with Crippen LogP contribution in [0.4, 0.5) is 4.39 Å². The molecule has 0 saturated carbocycles. The lowest BCUT2D eigenvalue weighted by Crippen LogP contribution is -2.04. The van der Waals surface area contributed by atoms with Crippen LogP contribution in [-0.2, 0) is 0 Å². The van der Waals surface area contributed by atoms with Gasteiger partial charge in [0.25, 0.3) is 0 Å². The normalized spacial score (nSPS) is 12.1. The summed E-state index contributed by atoms with van der Waals surface area (Å²) in [6.07, 6.45) is -0.959. The van der Waals surface area contributed by atoms with Gasteiger partial charge in [0.2, 0.25) is 0 Å². The number of aliphatic hydroxyl groups is 1. The van der Waals surface area contributed by atoms with Gasteiger partial charge in [0.1, 0.15) is 23.4 Å². The first-order valence-electron chi connectivity index (χ1n) is 6.02. The van der Waals surface area contributed by atoms with Crippen LogP contribution in [0.5, 0.6) is 11.5 Å². The SMILES string of the molecule is COc1cc(C(O)c2ccc(F)c(Br)c2)c(OC)cc1Br. The van der Waals surface area contributed by atoms with E-state index in [0.29, 0.717) is 27.1 Å². The average molecular weight is 420 g/mol. The summed E-state index contributed by atoms with van der Waals surface area (Å²) in [6.45, 7) is 0. The third-order valence-corrected chi connectivity index (χ3v) is 4.29.